The number of hydrogen-bond acceptors (Lipinski definition) is 3. The molecule has 0 bridgehead atoms. The number of halogens is 2. The highest BCUT2D eigenvalue weighted by Gasteiger charge is 2.04. The quantitative estimate of drug-likeness (QED) is 0.463. The van der Waals surface area contributed by atoms with Crippen molar-refractivity contribution in [1.82, 2.24) is 9.24 Å². The molecule has 0 saturated carbocycles. The summed E-state index contributed by atoms with van der Waals surface area (Å²) >= 11 is 8.69. The van der Waals surface area contributed by atoms with Crippen molar-refractivity contribution in [3.05, 3.63) is 23.4 Å². The monoisotopic (exact) mass is 209 g/mol. The highest BCUT2D eigenvalue weighted by Crippen LogP contribution is 2.13. The van der Waals surface area contributed by atoms with Gasteiger partial charge in [-0.25, -0.2) is 0 Å². The van der Waals surface area contributed by atoms with E-state index in [1.807, 2.05) is 0 Å². The molecule has 50 valence electrons. The summed E-state index contributed by atoms with van der Waals surface area (Å²) in [5.74, 6) is 0.569. The Hall–Kier alpha value is -0.350. The summed E-state index contributed by atoms with van der Waals surface area (Å²) in [5.41, 5.74) is 5.41. The number of hydrogen-bond donors (Lipinski definition) is 2. The topological polar surface area (TPSA) is 41.3 Å². The first kappa shape index (κ1) is 6.77. The van der Waals surface area contributed by atoms with Crippen molar-refractivity contribution in [3.63, 3.8) is 0 Å². The lowest BCUT2D eigenvalue weighted by Crippen LogP contribution is -2.21. The third-order valence-electron chi connectivity index (χ3n) is 0.831. The normalized spacial score (nSPS) is 18.2. The van der Waals surface area contributed by atoms with E-state index in [0.717, 1.165) is 0 Å². The fraction of sp³-hybridized carbons (Fsp3) is 0. The Bertz CT molecular complexity index is 177. The molecular formula is C4H5BrClN3. The van der Waals surface area contributed by atoms with Crippen LogP contribution in [-0.2, 0) is 0 Å². The highest BCUT2D eigenvalue weighted by molar-refractivity contribution is 9.07. The standard InChI is InChI=1S/C4H5BrClN3/c5-9-2-3(6)8-1-4(9)7/h1-2,8H,7H2. The lowest BCUT2D eigenvalue weighted by atomic mass is 10.6. The minimum Gasteiger partial charge on any atom is -0.383 e. The fourth-order valence-corrected chi connectivity index (χ4v) is 0.993. The van der Waals surface area contributed by atoms with Gasteiger partial charge >= 0.3 is 0 Å². The van der Waals surface area contributed by atoms with Gasteiger partial charge in [0, 0.05) is 6.20 Å². The molecule has 0 amide bonds. The maximum absolute atomic E-state index is 5.56. The van der Waals surface area contributed by atoms with Crippen LogP contribution in [0.2, 0.25) is 0 Å². The van der Waals surface area contributed by atoms with E-state index in [-0.39, 0.29) is 0 Å². The van der Waals surface area contributed by atoms with Crippen LogP contribution in [0.5, 0.6) is 0 Å². The highest BCUT2D eigenvalue weighted by atomic mass is 79.9. The van der Waals surface area contributed by atoms with Crippen molar-refractivity contribution in [3.8, 4) is 0 Å². The van der Waals surface area contributed by atoms with Gasteiger partial charge in [-0.05, 0) is 0 Å². The van der Waals surface area contributed by atoms with Gasteiger partial charge in [0.2, 0.25) is 0 Å². The molecule has 0 aromatic carbocycles. The minimum atomic E-state index is 0.529. The molecule has 0 radical (unpaired) electrons. The Kier molecular flexibility index (Phi) is 1.87. The van der Waals surface area contributed by atoms with Crippen LogP contribution < -0.4 is 11.1 Å². The molecule has 0 fully saturated rings. The molecule has 1 aliphatic rings. The van der Waals surface area contributed by atoms with E-state index in [0.29, 0.717) is 11.0 Å². The molecule has 9 heavy (non-hydrogen) atoms. The molecule has 1 heterocycles. The molecule has 3 nitrogen and oxygen atoms in total. The van der Waals surface area contributed by atoms with Crippen molar-refractivity contribution in [2.24, 2.45) is 5.73 Å². The Morgan fingerprint density at radius 3 is 2.89 bits per heavy atom. The molecular weight excluding hydrogens is 205 g/mol. The van der Waals surface area contributed by atoms with Gasteiger partial charge in [-0.15, -0.1) is 0 Å². The van der Waals surface area contributed by atoms with Gasteiger partial charge in [0.25, 0.3) is 0 Å². The second kappa shape index (κ2) is 2.49. The van der Waals surface area contributed by atoms with Crippen molar-refractivity contribution < 1.29 is 0 Å². The van der Waals surface area contributed by atoms with Gasteiger partial charge in [-0.2, -0.15) is 0 Å². The van der Waals surface area contributed by atoms with Gasteiger partial charge in [0.05, 0.1) is 22.3 Å². The van der Waals surface area contributed by atoms with E-state index < -0.39 is 0 Å². The van der Waals surface area contributed by atoms with Gasteiger partial charge in [-0.3, -0.25) is 3.93 Å². The molecule has 0 atom stereocenters. The largest absolute Gasteiger partial charge is 0.383 e. The lowest BCUT2D eigenvalue weighted by Gasteiger charge is -2.16. The van der Waals surface area contributed by atoms with E-state index in [9.17, 15) is 0 Å². The van der Waals surface area contributed by atoms with Crippen LogP contribution >= 0.6 is 27.7 Å². The van der Waals surface area contributed by atoms with Crippen LogP contribution in [0.1, 0.15) is 0 Å². The third kappa shape index (κ3) is 1.53. The second-order valence-corrected chi connectivity index (χ2v) is 2.67. The predicted octanol–water partition coefficient (Wildman–Crippen LogP) is 0.997. The number of rotatable bonds is 0. The van der Waals surface area contributed by atoms with E-state index in [1.54, 1.807) is 16.3 Å². The summed E-state index contributed by atoms with van der Waals surface area (Å²) in [4.78, 5) is 0. The summed E-state index contributed by atoms with van der Waals surface area (Å²) < 4.78 is 1.55. The van der Waals surface area contributed by atoms with E-state index in [2.05, 4.69) is 21.5 Å². The van der Waals surface area contributed by atoms with Crippen LogP contribution in [0.4, 0.5) is 0 Å². The maximum atomic E-state index is 5.56. The first-order valence-corrected chi connectivity index (χ1v) is 3.33. The third-order valence-corrected chi connectivity index (χ3v) is 1.65. The average Bonchev–Trinajstić information content (AvgIpc) is 1.80. The second-order valence-electron chi connectivity index (χ2n) is 1.50. The smallest absolute Gasteiger partial charge is 0.130 e. The Morgan fingerprint density at radius 2 is 2.44 bits per heavy atom. The van der Waals surface area contributed by atoms with Crippen LogP contribution in [0.15, 0.2) is 23.4 Å². The molecule has 0 aromatic heterocycles. The molecule has 1 aliphatic heterocycles. The maximum Gasteiger partial charge on any atom is 0.130 e. The molecule has 0 spiro atoms. The first-order valence-electron chi connectivity index (χ1n) is 2.24. The average molecular weight is 210 g/mol. The van der Waals surface area contributed by atoms with Gasteiger partial charge < -0.3 is 11.1 Å². The van der Waals surface area contributed by atoms with Gasteiger partial charge in [-0.1, -0.05) is 11.6 Å². The van der Waals surface area contributed by atoms with E-state index >= 15 is 0 Å². The van der Waals surface area contributed by atoms with Crippen molar-refractivity contribution in [1.29, 1.82) is 0 Å². The van der Waals surface area contributed by atoms with E-state index in [1.165, 1.54) is 0 Å². The molecule has 5 heteroatoms. The Morgan fingerprint density at radius 1 is 1.78 bits per heavy atom. The minimum absolute atomic E-state index is 0.529. The van der Waals surface area contributed by atoms with Crippen molar-refractivity contribution in [2.45, 2.75) is 0 Å². The number of nitrogens with zero attached hydrogens (tertiary/aromatic N) is 1. The summed E-state index contributed by atoms with van der Waals surface area (Å²) in [6.45, 7) is 0. The van der Waals surface area contributed by atoms with Gasteiger partial charge in [0.15, 0.2) is 0 Å². The van der Waals surface area contributed by atoms with Crippen LogP contribution in [0.25, 0.3) is 0 Å². The Labute approximate surface area is 66.5 Å². The van der Waals surface area contributed by atoms with Gasteiger partial charge in [0.1, 0.15) is 11.0 Å². The molecule has 3 N–H and O–H groups in total. The Balaban J connectivity index is 2.70. The predicted molar refractivity (Wildman–Crippen MR) is 40.1 cm³/mol. The number of nitrogens with two attached hydrogens (primary N) is 1. The lowest BCUT2D eigenvalue weighted by molar-refractivity contribution is 0.731. The zero-order valence-electron chi connectivity index (χ0n) is 4.44. The molecule has 0 unspecified atom stereocenters. The van der Waals surface area contributed by atoms with Crippen LogP contribution in [0, 0.1) is 0 Å². The molecule has 1 rings (SSSR count). The zero-order valence-corrected chi connectivity index (χ0v) is 6.78. The molecule has 0 saturated heterocycles. The summed E-state index contributed by atoms with van der Waals surface area (Å²) in [5, 5.41) is 3.26. The summed E-state index contributed by atoms with van der Waals surface area (Å²) in [7, 11) is 0. The number of nitrogens with one attached hydrogen (secondary N) is 1. The first-order chi connectivity index (χ1) is 4.20. The molecule has 0 aliphatic carbocycles. The molecule has 0 aromatic rings. The van der Waals surface area contributed by atoms with E-state index in [4.69, 9.17) is 17.3 Å². The van der Waals surface area contributed by atoms with Crippen molar-refractivity contribution in [2.75, 3.05) is 0 Å². The van der Waals surface area contributed by atoms with Crippen LogP contribution in [-0.4, -0.2) is 3.93 Å². The fourth-order valence-electron chi connectivity index (χ4n) is 0.416. The summed E-state index contributed by atoms with van der Waals surface area (Å²) in [6.07, 6.45) is 3.22. The summed E-state index contributed by atoms with van der Waals surface area (Å²) in [6, 6.07) is 0. The van der Waals surface area contributed by atoms with Crippen molar-refractivity contribution >= 4 is 27.7 Å². The van der Waals surface area contributed by atoms with Crippen LogP contribution in [0.3, 0.4) is 0 Å². The SMILES string of the molecule is NC1=CNC(Cl)=CN1Br. The zero-order chi connectivity index (χ0) is 6.85.